The lowest BCUT2D eigenvalue weighted by atomic mass is 9.89. The van der Waals surface area contributed by atoms with Crippen LogP contribution in [0, 0.1) is 20.8 Å². The zero-order chi connectivity index (χ0) is 15.5. The van der Waals surface area contributed by atoms with Gasteiger partial charge in [0, 0.05) is 24.4 Å². The molecule has 1 fully saturated rings. The van der Waals surface area contributed by atoms with Crippen molar-refractivity contribution in [2.75, 3.05) is 13.1 Å². The monoisotopic (exact) mass is 295 g/mol. The lowest BCUT2D eigenvalue weighted by Crippen LogP contribution is -2.29. The van der Waals surface area contributed by atoms with E-state index in [9.17, 15) is 0 Å². The van der Waals surface area contributed by atoms with Crippen LogP contribution in [0.5, 0.6) is 0 Å². The molecule has 2 aromatic rings. The summed E-state index contributed by atoms with van der Waals surface area (Å²) in [6.45, 7) is 8.58. The molecule has 0 bridgehead atoms. The van der Waals surface area contributed by atoms with Crippen molar-refractivity contribution in [3.05, 3.63) is 58.2 Å². The number of piperidine rings is 1. The van der Waals surface area contributed by atoms with Crippen LogP contribution in [0.15, 0.2) is 24.3 Å². The van der Waals surface area contributed by atoms with E-state index in [2.05, 4.69) is 50.4 Å². The second-order valence-electron chi connectivity index (χ2n) is 6.43. The van der Waals surface area contributed by atoms with Crippen LogP contribution < -0.4 is 5.32 Å². The van der Waals surface area contributed by atoms with E-state index in [0.29, 0.717) is 5.92 Å². The maximum atomic E-state index is 4.79. The average Bonchev–Trinajstić information content (AvgIpc) is 2.50. The second kappa shape index (κ2) is 6.57. The number of nitrogens with zero attached hydrogens (tertiary/aromatic N) is 2. The molecule has 0 amide bonds. The smallest absolute Gasteiger partial charge is 0.133 e. The van der Waals surface area contributed by atoms with E-state index >= 15 is 0 Å². The summed E-state index contributed by atoms with van der Waals surface area (Å²) in [5, 5.41) is 3.49. The molecule has 1 atom stereocenters. The zero-order valence-electron chi connectivity index (χ0n) is 13.8. The van der Waals surface area contributed by atoms with Crippen LogP contribution in [-0.4, -0.2) is 23.1 Å². The Kier molecular flexibility index (Phi) is 4.53. The molecule has 1 aromatic heterocycles. The Hall–Kier alpha value is -1.74. The molecule has 1 aliphatic rings. The normalized spacial score (nSPS) is 18.4. The van der Waals surface area contributed by atoms with E-state index in [1.165, 1.54) is 29.5 Å². The first-order valence-corrected chi connectivity index (χ1v) is 8.24. The first kappa shape index (κ1) is 15.2. The highest BCUT2D eigenvalue weighted by molar-refractivity contribution is 5.31. The summed E-state index contributed by atoms with van der Waals surface area (Å²) in [6, 6.07) is 8.64. The van der Waals surface area contributed by atoms with Crippen molar-refractivity contribution >= 4 is 0 Å². The van der Waals surface area contributed by atoms with E-state index in [1.54, 1.807) is 0 Å². The van der Waals surface area contributed by atoms with Gasteiger partial charge in [-0.25, -0.2) is 9.97 Å². The van der Waals surface area contributed by atoms with Gasteiger partial charge in [0.25, 0.3) is 0 Å². The van der Waals surface area contributed by atoms with Gasteiger partial charge in [-0.2, -0.15) is 0 Å². The molecule has 1 aromatic carbocycles. The summed E-state index contributed by atoms with van der Waals surface area (Å²) in [5.41, 5.74) is 6.24. The summed E-state index contributed by atoms with van der Waals surface area (Å²) in [4.78, 5) is 9.58. The fraction of sp³-hybridized carbons (Fsp3) is 0.474. The molecule has 0 aliphatic carbocycles. The molecular weight excluding hydrogens is 270 g/mol. The predicted molar refractivity (Wildman–Crippen MR) is 90.3 cm³/mol. The molecule has 1 N–H and O–H groups in total. The summed E-state index contributed by atoms with van der Waals surface area (Å²) < 4.78 is 0. The topological polar surface area (TPSA) is 37.8 Å². The third-order valence-electron chi connectivity index (χ3n) is 4.56. The highest BCUT2D eigenvalue weighted by Gasteiger charge is 2.21. The summed E-state index contributed by atoms with van der Waals surface area (Å²) in [6.07, 6.45) is 3.30. The Balaban J connectivity index is 1.83. The molecule has 0 spiro atoms. The van der Waals surface area contributed by atoms with Gasteiger partial charge >= 0.3 is 0 Å². The summed E-state index contributed by atoms with van der Waals surface area (Å²) in [7, 11) is 0. The highest BCUT2D eigenvalue weighted by atomic mass is 14.9. The average molecular weight is 295 g/mol. The van der Waals surface area contributed by atoms with Gasteiger partial charge in [0.2, 0.25) is 0 Å². The molecular formula is C19H25N3. The van der Waals surface area contributed by atoms with Gasteiger partial charge in [0.15, 0.2) is 0 Å². The van der Waals surface area contributed by atoms with Crippen LogP contribution in [0.2, 0.25) is 0 Å². The molecule has 0 saturated carbocycles. The van der Waals surface area contributed by atoms with Crippen LogP contribution >= 0.6 is 0 Å². The number of hydrogen-bond acceptors (Lipinski definition) is 3. The molecule has 3 heteroatoms. The lowest BCUT2D eigenvalue weighted by molar-refractivity contribution is 0.456. The number of aryl methyl sites for hydroxylation is 3. The zero-order valence-corrected chi connectivity index (χ0v) is 13.8. The molecule has 2 heterocycles. The minimum atomic E-state index is 0.571. The Morgan fingerprint density at radius 3 is 2.32 bits per heavy atom. The standard InChI is InChI=1S/C19H25N3/c1-13-6-8-16(9-7-13)11-18-21-14(2)19(15(3)22-18)17-5-4-10-20-12-17/h6-9,17,20H,4-5,10-12H2,1-3H3. The van der Waals surface area contributed by atoms with Gasteiger partial charge in [0.05, 0.1) is 0 Å². The minimum Gasteiger partial charge on any atom is -0.316 e. The van der Waals surface area contributed by atoms with Crippen molar-refractivity contribution < 1.29 is 0 Å². The van der Waals surface area contributed by atoms with Crippen molar-refractivity contribution in [1.82, 2.24) is 15.3 Å². The Morgan fingerprint density at radius 1 is 1.05 bits per heavy atom. The number of nitrogens with one attached hydrogen (secondary N) is 1. The molecule has 0 radical (unpaired) electrons. The highest BCUT2D eigenvalue weighted by Crippen LogP contribution is 2.27. The fourth-order valence-electron chi connectivity index (χ4n) is 3.45. The SMILES string of the molecule is Cc1ccc(Cc2nc(C)c(C3CCCNC3)c(C)n2)cc1. The summed E-state index contributed by atoms with van der Waals surface area (Å²) >= 11 is 0. The predicted octanol–water partition coefficient (Wildman–Crippen LogP) is 3.46. The molecule has 1 unspecified atom stereocenters. The molecule has 1 saturated heterocycles. The van der Waals surface area contributed by atoms with E-state index in [4.69, 9.17) is 9.97 Å². The van der Waals surface area contributed by atoms with Gasteiger partial charge in [-0.15, -0.1) is 0 Å². The van der Waals surface area contributed by atoms with Gasteiger partial charge in [0.1, 0.15) is 5.82 Å². The largest absolute Gasteiger partial charge is 0.316 e. The third kappa shape index (κ3) is 3.36. The summed E-state index contributed by atoms with van der Waals surface area (Å²) in [5.74, 6) is 1.51. The number of rotatable bonds is 3. The first-order valence-electron chi connectivity index (χ1n) is 8.24. The van der Waals surface area contributed by atoms with Crippen molar-refractivity contribution in [3.8, 4) is 0 Å². The van der Waals surface area contributed by atoms with Crippen molar-refractivity contribution in [2.45, 2.75) is 46.0 Å². The van der Waals surface area contributed by atoms with Gasteiger partial charge in [-0.1, -0.05) is 29.8 Å². The van der Waals surface area contributed by atoms with Crippen LogP contribution in [0.3, 0.4) is 0 Å². The molecule has 3 nitrogen and oxygen atoms in total. The van der Waals surface area contributed by atoms with Crippen LogP contribution in [0.4, 0.5) is 0 Å². The van der Waals surface area contributed by atoms with E-state index in [1.807, 2.05) is 0 Å². The van der Waals surface area contributed by atoms with Crippen LogP contribution in [-0.2, 0) is 6.42 Å². The van der Waals surface area contributed by atoms with Gasteiger partial charge < -0.3 is 5.32 Å². The van der Waals surface area contributed by atoms with Gasteiger partial charge in [-0.3, -0.25) is 0 Å². The van der Waals surface area contributed by atoms with E-state index in [-0.39, 0.29) is 0 Å². The second-order valence-corrected chi connectivity index (χ2v) is 6.43. The Morgan fingerprint density at radius 2 is 1.73 bits per heavy atom. The van der Waals surface area contributed by atoms with Crippen molar-refractivity contribution in [2.24, 2.45) is 0 Å². The van der Waals surface area contributed by atoms with Crippen LogP contribution in [0.1, 0.15) is 52.7 Å². The maximum absolute atomic E-state index is 4.79. The number of benzene rings is 1. The minimum absolute atomic E-state index is 0.571. The quantitative estimate of drug-likeness (QED) is 0.942. The van der Waals surface area contributed by atoms with Crippen molar-refractivity contribution in [3.63, 3.8) is 0 Å². The van der Waals surface area contributed by atoms with Crippen molar-refractivity contribution in [1.29, 1.82) is 0 Å². The molecule has 22 heavy (non-hydrogen) atoms. The third-order valence-corrected chi connectivity index (χ3v) is 4.56. The lowest BCUT2D eigenvalue weighted by Gasteiger charge is -2.25. The fourth-order valence-corrected chi connectivity index (χ4v) is 3.45. The van der Waals surface area contributed by atoms with Crippen LogP contribution in [0.25, 0.3) is 0 Å². The molecule has 1 aliphatic heterocycles. The number of hydrogen-bond donors (Lipinski definition) is 1. The Labute approximate surface area is 133 Å². The van der Waals surface area contributed by atoms with Gasteiger partial charge in [-0.05, 0) is 57.2 Å². The molecule has 116 valence electrons. The first-order chi connectivity index (χ1) is 10.6. The number of aromatic nitrogens is 2. The van der Waals surface area contributed by atoms with E-state index in [0.717, 1.165) is 36.7 Å². The van der Waals surface area contributed by atoms with E-state index < -0.39 is 0 Å². The Bertz CT molecular complexity index is 617. The molecule has 3 rings (SSSR count). The maximum Gasteiger partial charge on any atom is 0.133 e.